The van der Waals surface area contributed by atoms with E-state index in [1.54, 1.807) is 6.07 Å². The van der Waals surface area contributed by atoms with Gasteiger partial charge in [-0.3, -0.25) is 0 Å². The Kier molecular flexibility index (Phi) is 5.03. The van der Waals surface area contributed by atoms with Crippen molar-refractivity contribution in [3.05, 3.63) is 34.6 Å². The van der Waals surface area contributed by atoms with Crippen LogP contribution in [0.1, 0.15) is 24.8 Å². The molecule has 0 aromatic heterocycles. The van der Waals surface area contributed by atoms with Gasteiger partial charge in [-0.05, 0) is 49.0 Å². The van der Waals surface area contributed by atoms with Crippen molar-refractivity contribution in [2.45, 2.75) is 19.3 Å². The minimum absolute atomic E-state index is 0. The third-order valence-electron chi connectivity index (χ3n) is 3.16. The zero-order valence-electron chi connectivity index (χ0n) is 9.17. The monoisotopic (exact) mass is 263 g/mol. The van der Waals surface area contributed by atoms with Gasteiger partial charge in [-0.1, -0.05) is 24.6 Å². The van der Waals surface area contributed by atoms with Crippen LogP contribution >= 0.6 is 24.0 Å². The molecule has 1 N–H and O–H groups in total. The molecule has 2 atom stereocenters. The van der Waals surface area contributed by atoms with Gasteiger partial charge in [0.1, 0.15) is 5.82 Å². The molecular weight excluding hydrogens is 248 g/mol. The molecule has 1 saturated heterocycles. The van der Waals surface area contributed by atoms with Gasteiger partial charge in [0.2, 0.25) is 0 Å². The van der Waals surface area contributed by atoms with Crippen LogP contribution in [0, 0.1) is 11.7 Å². The summed E-state index contributed by atoms with van der Waals surface area (Å²) in [5, 5.41) is 3.59. The molecule has 90 valence electrons. The van der Waals surface area contributed by atoms with Gasteiger partial charge in [-0.2, -0.15) is 0 Å². The Morgan fingerprint density at radius 2 is 2.19 bits per heavy atom. The lowest BCUT2D eigenvalue weighted by atomic mass is 9.82. The molecule has 0 spiro atoms. The second-order valence-electron chi connectivity index (χ2n) is 4.25. The predicted molar refractivity (Wildman–Crippen MR) is 68.0 cm³/mol. The van der Waals surface area contributed by atoms with E-state index in [1.807, 2.05) is 6.07 Å². The van der Waals surface area contributed by atoms with Gasteiger partial charge in [-0.25, -0.2) is 4.39 Å². The van der Waals surface area contributed by atoms with Crippen molar-refractivity contribution in [2.24, 2.45) is 5.92 Å². The van der Waals surface area contributed by atoms with Crippen LogP contribution in [0.15, 0.2) is 18.2 Å². The first-order valence-electron chi connectivity index (χ1n) is 5.34. The molecule has 0 bridgehead atoms. The summed E-state index contributed by atoms with van der Waals surface area (Å²) in [5.74, 6) is 0.756. The van der Waals surface area contributed by atoms with Crippen molar-refractivity contribution in [1.29, 1.82) is 0 Å². The lowest BCUT2D eigenvalue weighted by molar-refractivity contribution is 0.349. The Balaban J connectivity index is 0.00000128. The van der Waals surface area contributed by atoms with Gasteiger partial charge in [-0.15, -0.1) is 12.4 Å². The van der Waals surface area contributed by atoms with Gasteiger partial charge < -0.3 is 5.32 Å². The predicted octanol–water partition coefficient (Wildman–Crippen LogP) is 3.61. The zero-order chi connectivity index (χ0) is 10.8. The van der Waals surface area contributed by atoms with Crippen LogP contribution in [-0.4, -0.2) is 13.1 Å². The smallest absolute Gasteiger partial charge is 0.141 e. The number of benzene rings is 1. The molecule has 1 aliphatic heterocycles. The first-order valence-corrected chi connectivity index (χ1v) is 5.72. The highest BCUT2D eigenvalue weighted by Crippen LogP contribution is 2.31. The molecule has 1 aliphatic rings. The summed E-state index contributed by atoms with van der Waals surface area (Å²) in [7, 11) is 0. The minimum Gasteiger partial charge on any atom is -0.316 e. The lowest BCUT2D eigenvalue weighted by Gasteiger charge is -2.30. The van der Waals surface area contributed by atoms with Gasteiger partial charge in [0.05, 0.1) is 5.02 Å². The second kappa shape index (κ2) is 5.85. The van der Waals surface area contributed by atoms with Gasteiger partial charge >= 0.3 is 0 Å². The third-order valence-corrected chi connectivity index (χ3v) is 3.45. The highest BCUT2D eigenvalue weighted by Gasteiger charge is 2.22. The molecule has 4 heteroatoms. The Labute approximate surface area is 107 Å². The molecule has 0 amide bonds. The largest absolute Gasteiger partial charge is 0.316 e. The van der Waals surface area contributed by atoms with E-state index < -0.39 is 0 Å². The van der Waals surface area contributed by atoms with Crippen molar-refractivity contribution in [3.8, 4) is 0 Å². The number of piperidine rings is 1. The molecule has 0 aliphatic carbocycles. The Bertz CT molecular complexity index is 357. The number of hydrogen-bond donors (Lipinski definition) is 1. The molecule has 1 aromatic carbocycles. The second-order valence-corrected chi connectivity index (χ2v) is 4.66. The fourth-order valence-corrected chi connectivity index (χ4v) is 2.44. The highest BCUT2D eigenvalue weighted by atomic mass is 35.5. The van der Waals surface area contributed by atoms with E-state index in [9.17, 15) is 4.39 Å². The Morgan fingerprint density at radius 1 is 1.44 bits per heavy atom. The summed E-state index contributed by atoms with van der Waals surface area (Å²) >= 11 is 5.79. The number of halogens is 3. The SMILES string of the molecule is CC1CNCCC1c1ccc(F)c(Cl)c1.Cl. The van der Waals surface area contributed by atoms with E-state index in [1.165, 1.54) is 6.07 Å². The van der Waals surface area contributed by atoms with Crippen molar-refractivity contribution in [1.82, 2.24) is 5.32 Å². The first kappa shape index (κ1) is 13.8. The summed E-state index contributed by atoms with van der Waals surface area (Å²) in [4.78, 5) is 0. The summed E-state index contributed by atoms with van der Waals surface area (Å²) in [5.41, 5.74) is 1.16. The molecule has 1 nitrogen and oxygen atoms in total. The molecule has 1 heterocycles. The van der Waals surface area contributed by atoms with E-state index in [2.05, 4.69) is 12.2 Å². The Morgan fingerprint density at radius 3 is 2.81 bits per heavy atom. The lowest BCUT2D eigenvalue weighted by Crippen LogP contribution is -2.33. The van der Waals surface area contributed by atoms with Crippen molar-refractivity contribution >= 4 is 24.0 Å². The van der Waals surface area contributed by atoms with Crippen LogP contribution in [0.5, 0.6) is 0 Å². The first-order chi connectivity index (χ1) is 7.18. The maximum atomic E-state index is 13.0. The minimum atomic E-state index is -0.331. The number of nitrogens with one attached hydrogen (secondary N) is 1. The van der Waals surface area contributed by atoms with Crippen LogP contribution in [0.2, 0.25) is 5.02 Å². The third kappa shape index (κ3) is 2.88. The van der Waals surface area contributed by atoms with Gasteiger partial charge in [0.15, 0.2) is 0 Å². The van der Waals surface area contributed by atoms with Crippen LogP contribution < -0.4 is 5.32 Å². The maximum absolute atomic E-state index is 13.0. The van der Waals surface area contributed by atoms with Gasteiger partial charge in [0.25, 0.3) is 0 Å². The van der Waals surface area contributed by atoms with E-state index in [0.29, 0.717) is 11.8 Å². The molecule has 16 heavy (non-hydrogen) atoms. The summed E-state index contributed by atoms with van der Waals surface area (Å²) in [6, 6.07) is 5.09. The molecule has 0 radical (unpaired) electrons. The van der Waals surface area contributed by atoms with Crippen LogP contribution in [-0.2, 0) is 0 Å². The molecule has 1 fully saturated rings. The fourth-order valence-electron chi connectivity index (χ4n) is 2.25. The van der Waals surface area contributed by atoms with Gasteiger partial charge in [0, 0.05) is 0 Å². The van der Waals surface area contributed by atoms with Crippen LogP contribution in [0.25, 0.3) is 0 Å². The van der Waals surface area contributed by atoms with E-state index in [4.69, 9.17) is 11.6 Å². The molecule has 2 unspecified atom stereocenters. The Hall–Kier alpha value is -0.310. The zero-order valence-corrected chi connectivity index (χ0v) is 10.7. The fraction of sp³-hybridized carbons (Fsp3) is 0.500. The number of hydrogen-bond acceptors (Lipinski definition) is 1. The van der Waals surface area contributed by atoms with Crippen molar-refractivity contribution < 1.29 is 4.39 Å². The normalized spacial score (nSPS) is 24.9. The summed E-state index contributed by atoms with van der Waals surface area (Å²) in [6.07, 6.45) is 1.10. The summed E-state index contributed by atoms with van der Waals surface area (Å²) in [6.45, 7) is 4.28. The molecule has 1 aromatic rings. The van der Waals surface area contributed by atoms with E-state index in [-0.39, 0.29) is 23.2 Å². The van der Waals surface area contributed by atoms with Crippen LogP contribution in [0.4, 0.5) is 4.39 Å². The topological polar surface area (TPSA) is 12.0 Å². The number of rotatable bonds is 1. The molecule has 0 saturated carbocycles. The standard InChI is InChI=1S/C12H15ClFN.ClH/c1-8-7-15-5-4-10(8)9-2-3-12(14)11(13)6-9;/h2-3,6,8,10,15H,4-5,7H2,1H3;1H. The molecular formula is C12H16Cl2FN. The average Bonchev–Trinajstić information content (AvgIpc) is 2.23. The van der Waals surface area contributed by atoms with Crippen molar-refractivity contribution in [3.63, 3.8) is 0 Å². The average molecular weight is 264 g/mol. The van der Waals surface area contributed by atoms with Crippen LogP contribution in [0.3, 0.4) is 0 Å². The van der Waals surface area contributed by atoms with E-state index >= 15 is 0 Å². The highest BCUT2D eigenvalue weighted by molar-refractivity contribution is 6.30. The van der Waals surface area contributed by atoms with E-state index in [0.717, 1.165) is 25.1 Å². The molecule has 2 rings (SSSR count). The summed E-state index contributed by atoms with van der Waals surface area (Å²) < 4.78 is 13.0. The van der Waals surface area contributed by atoms with Crippen molar-refractivity contribution in [2.75, 3.05) is 13.1 Å². The quantitative estimate of drug-likeness (QED) is 0.817. The maximum Gasteiger partial charge on any atom is 0.141 e.